The van der Waals surface area contributed by atoms with Gasteiger partial charge in [0.2, 0.25) is 0 Å². The standard InChI is InChI=1S/C32H22N4Se/c1-4-10-23-16-21-30(27(23)13-7-1)35-33-24-17-19-25(20-18-24)34-36-31-22-32(37-26-11-5-2-6-12-26)29-15-9-3-8-14-28(29)31/h1-22H. The van der Waals surface area contributed by atoms with Gasteiger partial charge in [-0.15, -0.1) is 0 Å². The zero-order chi connectivity index (χ0) is 24.9. The third kappa shape index (κ3) is 5.24. The van der Waals surface area contributed by atoms with E-state index in [1.165, 1.54) is 14.5 Å². The van der Waals surface area contributed by atoms with Crippen molar-refractivity contribution in [2.24, 2.45) is 20.5 Å². The predicted molar refractivity (Wildman–Crippen MR) is 152 cm³/mol. The first-order valence-electron chi connectivity index (χ1n) is 12.0. The molecular weight excluding hydrogens is 519 g/mol. The molecule has 0 radical (unpaired) electrons. The first-order chi connectivity index (χ1) is 18.3. The normalized spacial score (nSPS) is 11.7. The van der Waals surface area contributed by atoms with Crippen LogP contribution in [0.25, 0.3) is 22.3 Å². The van der Waals surface area contributed by atoms with Crippen molar-refractivity contribution in [3.63, 3.8) is 0 Å². The maximum absolute atomic E-state index is 4.63. The van der Waals surface area contributed by atoms with Crippen LogP contribution in [0.15, 0.2) is 154 Å². The van der Waals surface area contributed by atoms with E-state index >= 15 is 0 Å². The van der Waals surface area contributed by atoms with Gasteiger partial charge in [0.05, 0.1) is 0 Å². The molecule has 4 aliphatic rings. The topological polar surface area (TPSA) is 49.4 Å². The fraction of sp³-hybridized carbons (Fsp3) is 0. The fourth-order valence-corrected chi connectivity index (χ4v) is 6.25. The summed E-state index contributed by atoms with van der Waals surface area (Å²) in [6.45, 7) is 0. The second-order valence-corrected chi connectivity index (χ2v) is 10.8. The van der Waals surface area contributed by atoms with Crippen LogP contribution in [0.5, 0.6) is 0 Å². The number of fused-ring (bicyclic) bond motifs is 2. The summed E-state index contributed by atoms with van der Waals surface area (Å²) in [7, 11) is 0. The second-order valence-electron chi connectivity index (χ2n) is 8.46. The summed E-state index contributed by atoms with van der Waals surface area (Å²) in [6.07, 6.45) is 0. The van der Waals surface area contributed by atoms with Crippen LogP contribution in [0.1, 0.15) is 0 Å². The number of rotatable bonds is 6. The third-order valence-corrected chi connectivity index (χ3v) is 8.22. The minimum atomic E-state index is 0.193. The van der Waals surface area contributed by atoms with E-state index in [1.807, 2.05) is 54.6 Å². The minimum absolute atomic E-state index is 0.193. The third-order valence-electron chi connectivity index (χ3n) is 5.98. The van der Waals surface area contributed by atoms with E-state index in [0.29, 0.717) is 0 Å². The van der Waals surface area contributed by atoms with Gasteiger partial charge in [-0.2, -0.15) is 0 Å². The van der Waals surface area contributed by atoms with Gasteiger partial charge < -0.3 is 0 Å². The van der Waals surface area contributed by atoms with Crippen LogP contribution in [-0.4, -0.2) is 15.0 Å². The van der Waals surface area contributed by atoms with E-state index in [2.05, 4.69) is 99.3 Å². The van der Waals surface area contributed by atoms with Crippen LogP contribution in [-0.2, 0) is 0 Å². The van der Waals surface area contributed by atoms with Crippen LogP contribution in [0, 0.1) is 0 Å². The van der Waals surface area contributed by atoms with Gasteiger partial charge in [-0.3, -0.25) is 0 Å². The molecule has 0 fully saturated rings. The number of benzene rings is 2. The van der Waals surface area contributed by atoms with Crippen molar-refractivity contribution < 1.29 is 0 Å². The molecule has 0 heterocycles. The summed E-state index contributed by atoms with van der Waals surface area (Å²) in [5.74, 6) is 0. The van der Waals surface area contributed by atoms with Crippen molar-refractivity contribution in [1.29, 1.82) is 0 Å². The monoisotopic (exact) mass is 542 g/mol. The molecule has 0 unspecified atom stereocenters. The average Bonchev–Trinajstić information content (AvgIpc) is 3.23. The SMILES string of the molecule is c1ccc([Se]c2cc(N=Nc3ccc(N=Nc4ccc5cccccc4-5)cc3)c3cccccc2-3)cc1. The van der Waals surface area contributed by atoms with Crippen molar-refractivity contribution in [2.75, 3.05) is 0 Å². The van der Waals surface area contributed by atoms with E-state index < -0.39 is 0 Å². The summed E-state index contributed by atoms with van der Waals surface area (Å²) < 4.78 is 2.65. The molecule has 5 heteroatoms. The average molecular weight is 542 g/mol. The molecule has 2 aromatic rings. The predicted octanol–water partition coefficient (Wildman–Crippen LogP) is 8.38. The van der Waals surface area contributed by atoms with Gasteiger partial charge in [0.1, 0.15) is 0 Å². The zero-order valence-corrected chi connectivity index (χ0v) is 21.6. The number of nitrogens with zero attached hydrogens (tertiary/aromatic N) is 4. The number of azo groups is 2. The zero-order valence-electron chi connectivity index (χ0n) is 19.9. The molecular formula is C32H22N4Se. The Labute approximate surface area is 222 Å². The Kier molecular flexibility index (Phi) is 6.63. The molecule has 6 rings (SSSR count). The van der Waals surface area contributed by atoms with Crippen LogP contribution in [0.3, 0.4) is 0 Å². The van der Waals surface area contributed by atoms with E-state index in [4.69, 9.17) is 0 Å². The van der Waals surface area contributed by atoms with Crippen LogP contribution in [0.2, 0.25) is 0 Å². The Morgan fingerprint density at radius 2 is 0.973 bits per heavy atom. The van der Waals surface area contributed by atoms with Gasteiger partial charge in [0.25, 0.3) is 0 Å². The first kappa shape index (κ1) is 23.0. The van der Waals surface area contributed by atoms with Crippen molar-refractivity contribution in [3.8, 4) is 22.3 Å². The molecule has 37 heavy (non-hydrogen) atoms. The van der Waals surface area contributed by atoms with E-state index in [1.54, 1.807) is 0 Å². The maximum atomic E-state index is 4.63. The Bertz CT molecular complexity index is 1640. The summed E-state index contributed by atoms with van der Waals surface area (Å²) in [6, 6.07) is 45.2. The van der Waals surface area contributed by atoms with E-state index in [9.17, 15) is 0 Å². The van der Waals surface area contributed by atoms with E-state index in [-0.39, 0.29) is 15.0 Å². The summed E-state index contributed by atoms with van der Waals surface area (Å²) in [4.78, 5) is 0. The Morgan fingerprint density at radius 1 is 0.405 bits per heavy atom. The summed E-state index contributed by atoms with van der Waals surface area (Å²) in [5.41, 5.74) is 7.87. The van der Waals surface area contributed by atoms with Gasteiger partial charge >= 0.3 is 169 Å². The van der Waals surface area contributed by atoms with Crippen molar-refractivity contribution in [1.82, 2.24) is 0 Å². The molecule has 0 aliphatic heterocycles. The van der Waals surface area contributed by atoms with Gasteiger partial charge in [0, 0.05) is 5.56 Å². The first-order valence-corrected chi connectivity index (χ1v) is 13.7. The molecule has 2 aromatic carbocycles. The van der Waals surface area contributed by atoms with Crippen LogP contribution >= 0.6 is 0 Å². The fourth-order valence-electron chi connectivity index (χ4n) is 4.14. The Balaban J connectivity index is 1.22. The molecule has 4 nitrogen and oxygen atoms in total. The molecule has 0 saturated heterocycles. The summed E-state index contributed by atoms with van der Waals surface area (Å²) in [5, 5.41) is 18.0. The molecule has 0 spiro atoms. The number of hydrogen-bond donors (Lipinski definition) is 0. The molecule has 0 amide bonds. The van der Waals surface area contributed by atoms with Crippen molar-refractivity contribution in [3.05, 3.63) is 133 Å². The van der Waals surface area contributed by atoms with Crippen LogP contribution < -0.4 is 8.92 Å². The van der Waals surface area contributed by atoms with Gasteiger partial charge in [-0.25, -0.2) is 0 Å². The van der Waals surface area contributed by atoms with Crippen molar-refractivity contribution >= 4 is 46.6 Å². The Hall–Kier alpha value is -4.44. The quantitative estimate of drug-likeness (QED) is 0.150. The molecule has 0 bridgehead atoms. The number of hydrogen-bond acceptors (Lipinski definition) is 4. The molecule has 176 valence electrons. The van der Waals surface area contributed by atoms with Gasteiger partial charge in [-0.1, -0.05) is 36.4 Å². The van der Waals surface area contributed by atoms with Gasteiger partial charge in [-0.05, 0) is 11.6 Å². The molecule has 0 atom stereocenters. The Morgan fingerprint density at radius 3 is 1.68 bits per heavy atom. The molecule has 0 aromatic heterocycles. The van der Waals surface area contributed by atoms with Crippen LogP contribution in [0.4, 0.5) is 22.7 Å². The summed E-state index contributed by atoms with van der Waals surface area (Å²) >= 11 is 0.193. The molecule has 4 aliphatic carbocycles. The molecule has 0 N–H and O–H groups in total. The second kappa shape index (κ2) is 10.7. The molecule has 0 saturated carbocycles. The van der Waals surface area contributed by atoms with Gasteiger partial charge in [0.15, 0.2) is 0 Å². The van der Waals surface area contributed by atoms with E-state index in [0.717, 1.165) is 39.4 Å². The van der Waals surface area contributed by atoms with Crippen molar-refractivity contribution in [2.45, 2.75) is 0 Å².